The number of thioether (sulfide) groups is 1. The van der Waals surface area contributed by atoms with E-state index >= 15 is 0 Å². The average Bonchev–Trinajstić information content (AvgIpc) is 2.41. The smallest absolute Gasteiger partial charge is 0.108 e. The van der Waals surface area contributed by atoms with Gasteiger partial charge in [0.25, 0.3) is 0 Å². The van der Waals surface area contributed by atoms with Crippen molar-refractivity contribution < 1.29 is 0 Å². The van der Waals surface area contributed by atoms with Crippen LogP contribution in [-0.2, 0) is 18.6 Å². The third kappa shape index (κ3) is 0.820. The fraction of sp³-hybridized carbons (Fsp3) is 0.500. The third-order valence-corrected chi connectivity index (χ3v) is 3.60. The molecule has 2 heterocycles. The highest BCUT2D eigenvalue weighted by molar-refractivity contribution is 9.10. The maximum Gasteiger partial charge on any atom is 0.108 e. The predicted molar refractivity (Wildman–Crippen MR) is 45.9 cm³/mol. The molecule has 1 aromatic rings. The van der Waals surface area contributed by atoms with Crippen LogP contribution in [0.3, 0.4) is 0 Å². The lowest BCUT2D eigenvalue weighted by molar-refractivity contribution is 0.737. The number of hydrogen-bond acceptors (Lipinski definition) is 2. The summed E-state index contributed by atoms with van der Waals surface area (Å²) in [5.41, 5.74) is 2.63. The van der Waals surface area contributed by atoms with Gasteiger partial charge in [-0.15, -0.1) is 0 Å². The fourth-order valence-corrected chi connectivity index (χ4v) is 2.78. The van der Waals surface area contributed by atoms with Gasteiger partial charge in [0.1, 0.15) is 4.60 Å². The van der Waals surface area contributed by atoms with Crippen molar-refractivity contribution in [1.82, 2.24) is 9.78 Å². The highest BCUT2D eigenvalue weighted by Gasteiger charge is 2.18. The second kappa shape index (κ2) is 2.27. The lowest BCUT2D eigenvalue weighted by Crippen LogP contribution is -1.91. The van der Waals surface area contributed by atoms with Crippen LogP contribution in [0.5, 0.6) is 0 Å². The Labute approximate surface area is 72.1 Å². The number of halogens is 1. The standard InChI is InChI=1S/C6H7BrN2S/c1-9-6(7)4-2-10-3-5(4)8-9/h2-3H2,1H3. The lowest BCUT2D eigenvalue weighted by Gasteiger charge is -1.92. The number of aromatic nitrogens is 2. The van der Waals surface area contributed by atoms with Crippen molar-refractivity contribution in [3.8, 4) is 0 Å². The van der Waals surface area contributed by atoms with E-state index in [1.807, 2.05) is 23.5 Å². The first-order chi connectivity index (χ1) is 4.79. The topological polar surface area (TPSA) is 17.8 Å². The minimum atomic E-state index is 1.08. The van der Waals surface area contributed by atoms with Gasteiger partial charge in [-0.1, -0.05) is 0 Å². The molecule has 0 bridgehead atoms. The van der Waals surface area contributed by atoms with Crippen molar-refractivity contribution in [2.45, 2.75) is 11.5 Å². The van der Waals surface area contributed by atoms with E-state index in [9.17, 15) is 0 Å². The Kier molecular flexibility index (Phi) is 1.53. The summed E-state index contributed by atoms with van der Waals surface area (Å²) in [5.74, 6) is 2.19. The zero-order valence-corrected chi connectivity index (χ0v) is 8.00. The molecule has 2 nitrogen and oxygen atoms in total. The summed E-state index contributed by atoms with van der Waals surface area (Å²) in [4.78, 5) is 0. The van der Waals surface area contributed by atoms with Gasteiger partial charge in [-0.2, -0.15) is 16.9 Å². The number of fused-ring (bicyclic) bond motifs is 1. The molecule has 0 atom stereocenters. The SMILES string of the molecule is Cn1nc2c(c1Br)CSC2. The molecule has 0 amide bonds. The summed E-state index contributed by atoms with van der Waals surface area (Å²) in [6, 6.07) is 0. The normalized spacial score (nSPS) is 15.8. The van der Waals surface area contributed by atoms with Gasteiger partial charge in [0.15, 0.2) is 0 Å². The van der Waals surface area contributed by atoms with Crippen LogP contribution in [0.1, 0.15) is 11.3 Å². The van der Waals surface area contributed by atoms with E-state index in [2.05, 4.69) is 21.0 Å². The molecule has 0 unspecified atom stereocenters. The number of rotatable bonds is 0. The van der Waals surface area contributed by atoms with Crippen molar-refractivity contribution in [2.75, 3.05) is 0 Å². The second-order valence-corrected chi connectivity index (χ2v) is 4.07. The molecule has 1 aliphatic heterocycles. The molecule has 1 aliphatic rings. The minimum absolute atomic E-state index is 1.08. The van der Waals surface area contributed by atoms with Crippen LogP contribution < -0.4 is 0 Å². The van der Waals surface area contributed by atoms with Crippen LogP contribution in [-0.4, -0.2) is 9.78 Å². The first-order valence-corrected chi connectivity index (χ1v) is 5.02. The van der Waals surface area contributed by atoms with Crippen molar-refractivity contribution in [1.29, 1.82) is 0 Å². The molecule has 1 aromatic heterocycles. The molecule has 0 N–H and O–H groups in total. The Morgan fingerprint density at radius 2 is 2.40 bits per heavy atom. The van der Waals surface area contributed by atoms with Crippen LogP contribution in [0.4, 0.5) is 0 Å². The third-order valence-electron chi connectivity index (χ3n) is 1.64. The number of nitrogens with zero attached hydrogens (tertiary/aromatic N) is 2. The molecule has 10 heavy (non-hydrogen) atoms. The molecule has 2 rings (SSSR count). The van der Waals surface area contributed by atoms with Gasteiger partial charge in [0.05, 0.1) is 5.69 Å². The van der Waals surface area contributed by atoms with Gasteiger partial charge in [-0.25, -0.2) is 0 Å². The highest BCUT2D eigenvalue weighted by Crippen LogP contribution is 2.33. The van der Waals surface area contributed by atoms with Crippen molar-refractivity contribution in [2.24, 2.45) is 7.05 Å². The molecule has 4 heteroatoms. The van der Waals surface area contributed by atoms with E-state index in [0.29, 0.717) is 0 Å². The Hall–Kier alpha value is 0.0400. The first kappa shape index (κ1) is 6.73. The van der Waals surface area contributed by atoms with Gasteiger partial charge in [-0.05, 0) is 15.9 Å². The van der Waals surface area contributed by atoms with E-state index in [1.165, 1.54) is 11.3 Å². The second-order valence-electron chi connectivity index (χ2n) is 2.33. The van der Waals surface area contributed by atoms with Crippen molar-refractivity contribution >= 4 is 27.7 Å². The molecule has 0 saturated heterocycles. The zero-order valence-electron chi connectivity index (χ0n) is 5.59. The molecule has 0 aliphatic carbocycles. The Morgan fingerprint density at radius 3 is 3.10 bits per heavy atom. The Balaban J connectivity index is 2.59. The predicted octanol–water partition coefficient (Wildman–Crippen LogP) is 1.93. The van der Waals surface area contributed by atoms with Crippen molar-refractivity contribution in [3.63, 3.8) is 0 Å². The molecule has 0 radical (unpaired) electrons. The maximum atomic E-state index is 4.34. The minimum Gasteiger partial charge on any atom is -0.261 e. The first-order valence-electron chi connectivity index (χ1n) is 3.07. The number of hydrogen-bond donors (Lipinski definition) is 0. The van der Waals surface area contributed by atoms with Crippen LogP contribution in [0, 0.1) is 0 Å². The zero-order chi connectivity index (χ0) is 7.14. The van der Waals surface area contributed by atoms with E-state index in [-0.39, 0.29) is 0 Å². The van der Waals surface area contributed by atoms with E-state index in [1.54, 1.807) is 0 Å². The molecule has 0 saturated carbocycles. The van der Waals surface area contributed by atoms with Crippen LogP contribution in [0.15, 0.2) is 4.60 Å². The maximum absolute atomic E-state index is 4.34. The average molecular weight is 219 g/mol. The van der Waals surface area contributed by atoms with Gasteiger partial charge < -0.3 is 0 Å². The van der Waals surface area contributed by atoms with Gasteiger partial charge in [-0.3, -0.25) is 4.68 Å². The highest BCUT2D eigenvalue weighted by atomic mass is 79.9. The van der Waals surface area contributed by atoms with Gasteiger partial charge in [0.2, 0.25) is 0 Å². The van der Waals surface area contributed by atoms with E-state index < -0.39 is 0 Å². The Bertz CT molecular complexity index is 269. The van der Waals surface area contributed by atoms with Crippen LogP contribution in [0.25, 0.3) is 0 Å². The van der Waals surface area contributed by atoms with Crippen molar-refractivity contribution in [3.05, 3.63) is 15.9 Å². The summed E-state index contributed by atoms with van der Waals surface area (Å²) in [6.45, 7) is 0. The quantitative estimate of drug-likeness (QED) is 0.663. The molecule has 54 valence electrons. The van der Waals surface area contributed by atoms with Crippen LogP contribution in [0.2, 0.25) is 0 Å². The summed E-state index contributed by atoms with van der Waals surface area (Å²) in [7, 11) is 1.97. The molecule has 0 fully saturated rings. The van der Waals surface area contributed by atoms with E-state index in [4.69, 9.17) is 0 Å². The van der Waals surface area contributed by atoms with Gasteiger partial charge >= 0.3 is 0 Å². The summed E-state index contributed by atoms with van der Waals surface area (Å²) in [6.07, 6.45) is 0. The van der Waals surface area contributed by atoms with Gasteiger partial charge in [0, 0.05) is 24.1 Å². The molecular weight excluding hydrogens is 212 g/mol. The summed E-state index contributed by atoms with van der Waals surface area (Å²) >= 11 is 5.41. The number of aryl methyl sites for hydroxylation is 1. The van der Waals surface area contributed by atoms with Crippen LogP contribution >= 0.6 is 27.7 Å². The van der Waals surface area contributed by atoms with E-state index in [0.717, 1.165) is 16.1 Å². The summed E-state index contributed by atoms with van der Waals surface area (Å²) in [5, 5.41) is 4.34. The molecule has 0 aromatic carbocycles. The molecular formula is C6H7BrN2S. The monoisotopic (exact) mass is 218 g/mol. The Morgan fingerprint density at radius 1 is 1.60 bits per heavy atom. The fourth-order valence-electron chi connectivity index (χ4n) is 1.11. The molecule has 0 spiro atoms. The largest absolute Gasteiger partial charge is 0.261 e. The lowest BCUT2D eigenvalue weighted by atomic mass is 10.3. The summed E-state index contributed by atoms with van der Waals surface area (Å²) < 4.78 is 3.04.